The molecule has 4 amide bonds. The fourth-order valence-electron chi connectivity index (χ4n) is 3.00. The van der Waals surface area contributed by atoms with Gasteiger partial charge in [-0.15, -0.1) is 0 Å². The largest absolute Gasteiger partial charge is 0.481 e. The lowest BCUT2D eigenvalue weighted by Crippen LogP contribution is -2.56. The molecule has 2 fully saturated rings. The van der Waals surface area contributed by atoms with Gasteiger partial charge in [0.05, 0.1) is 0 Å². The Bertz CT molecular complexity index is 701. The van der Waals surface area contributed by atoms with Crippen LogP contribution in [0.4, 0.5) is 4.79 Å². The lowest BCUT2D eigenvalue weighted by Gasteiger charge is -2.33. The molecule has 0 bridgehead atoms. The molecule has 29 heavy (non-hydrogen) atoms. The molecule has 14 nitrogen and oxygen atoms in total. The molecule has 6 atom stereocenters. The number of nitrogens with zero attached hydrogens (tertiary/aromatic N) is 1. The second-order valence-electron chi connectivity index (χ2n) is 6.63. The summed E-state index contributed by atoms with van der Waals surface area (Å²) in [5.74, 6) is -4.31. The van der Waals surface area contributed by atoms with Gasteiger partial charge in [0.1, 0.15) is 30.4 Å². The Morgan fingerprint density at radius 3 is 2.45 bits per heavy atom. The topological polar surface area (TPSA) is 229 Å². The number of imide groups is 1. The van der Waals surface area contributed by atoms with Crippen molar-refractivity contribution in [2.75, 3.05) is 6.54 Å². The van der Waals surface area contributed by atoms with Crippen molar-refractivity contribution in [1.82, 2.24) is 15.5 Å². The summed E-state index contributed by atoms with van der Waals surface area (Å²) in [6.07, 6.45) is -7.18. The highest BCUT2D eigenvalue weighted by Gasteiger charge is 2.51. The number of amides is 4. The molecule has 0 aromatic heterocycles. The quantitative estimate of drug-likeness (QED) is 0.202. The van der Waals surface area contributed by atoms with Gasteiger partial charge in [-0.25, -0.2) is 9.59 Å². The van der Waals surface area contributed by atoms with Crippen LogP contribution in [0.15, 0.2) is 0 Å². The number of hydrogen-bond donors (Lipinski definition) is 7. The van der Waals surface area contributed by atoms with Crippen LogP contribution >= 0.6 is 0 Å². The van der Waals surface area contributed by atoms with Gasteiger partial charge in [0.2, 0.25) is 11.8 Å². The number of rotatable bonds is 8. The lowest BCUT2D eigenvalue weighted by atomic mass is 10.0. The molecule has 14 heteroatoms. The van der Waals surface area contributed by atoms with Gasteiger partial charge in [-0.1, -0.05) is 0 Å². The lowest BCUT2D eigenvalue weighted by molar-refractivity contribution is -0.144. The van der Waals surface area contributed by atoms with Crippen LogP contribution in [-0.4, -0.2) is 98.3 Å². The van der Waals surface area contributed by atoms with E-state index in [1.54, 1.807) is 0 Å². The zero-order chi connectivity index (χ0) is 21.9. The molecule has 0 radical (unpaired) electrons. The molecule has 0 aliphatic carbocycles. The summed E-state index contributed by atoms with van der Waals surface area (Å²) >= 11 is 0. The first-order valence-electron chi connectivity index (χ1n) is 8.65. The minimum absolute atomic E-state index is 0.0600. The number of aliphatic carboxylic acids is 2. The van der Waals surface area contributed by atoms with E-state index in [4.69, 9.17) is 20.7 Å². The van der Waals surface area contributed by atoms with Crippen LogP contribution in [0.2, 0.25) is 0 Å². The maximum atomic E-state index is 12.3. The SMILES string of the molecule is NC(C(=O)NC(CCC(=O)O)C(=O)O)C1OC(N2CCC(=O)NC2=O)C(O)C1O. The van der Waals surface area contributed by atoms with E-state index in [0.29, 0.717) is 0 Å². The Hall–Kier alpha value is -2.81. The second kappa shape index (κ2) is 9.13. The number of nitrogens with one attached hydrogen (secondary N) is 2. The van der Waals surface area contributed by atoms with Crippen molar-refractivity contribution >= 4 is 29.8 Å². The van der Waals surface area contributed by atoms with Crippen molar-refractivity contribution in [2.24, 2.45) is 5.73 Å². The molecule has 2 aliphatic rings. The zero-order valence-corrected chi connectivity index (χ0v) is 15.1. The first-order valence-corrected chi connectivity index (χ1v) is 8.65. The minimum Gasteiger partial charge on any atom is -0.481 e. The van der Waals surface area contributed by atoms with Gasteiger partial charge in [0.15, 0.2) is 6.23 Å². The van der Waals surface area contributed by atoms with Crippen molar-refractivity contribution in [3.05, 3.63) is 0 Å². The predicted molar refractivity (Wildman–Crippen MR) is 89.9 cm³/mol. The standard InChI is InChI=1S/C15H22N4O10/c16-8(12(25)17-5(14(26)27)1-2-7(21)22)11-9(23)10(24)13(29-11)19-4-3-6(20)18-15(19)28/h5,8-11,13,23-24H,1-4,16H2,(H,17,25)(H,21,22)(H,26,27)(H,18,20,28). The summed E-state index contributed by atoms with van der Waals surface area (Å²) < 4.78 is 5.38. The van der Waals surface area contributed by atoms with Gasteiger partial charge >= 0.3 is 18.0 Å². The average molecular weight is 418 g/mol. The number of hydrogen-bond acceptors (Lipinski definition) is 9. The van der Waals surface area contributed by atoms with Gasteiger partial charge in [-0.05, 0) is 6.42 Å². The van der Waals surface area contributed by atoms with E-state index in [1.165, 1.54) is 0 Å². The maximum Gasteiger partial charge on any atom is 0.326 e. The van der Waals surface area contributed by atoms with E-state index in [1.807, 2.05) is 5.32 Å². The molecule has 8 N–H and O–H groups in total. The molecule has 6 unspecified atom stereocenters. The van der Waals surface area contributed by atoms with Crippen molar-refractivity contribution in [3.8, 4) is 0 Å². The third-order valence-electron chi connectivity index (χ3n) is 4.59. The smallest absolute Gasteiger partial charge is 0.326 e. The van der Waals surface area contributed by atoms with E-state index in [-0.39, 0.29) is 13.0 Å². The zero-order valence-electron chi connectivity index (χ0n) is 15.1. The highest BCUT2D eigenvalue weighted by molar-refractivity contribution is 5.96. The van der Waals surface area contributed by atoms with Crippen molar-refractivity contribution in [2.45, 2.75) is 55.9 Å². The predicted octanol–water partition coefficient (Wildman–Crippen LogP) is -3.86. The Labute approximate surface area is 163 Å². The molecule has 0 aromatic rings. The highest BCUT2D eigenvalue weighted by Crippen LogP contribution is 2.27. The van der Waals surface area contributed by atoms with Crippen LogP contribution in [0, 0.1) is 0 Å². The van der Waals surface area contributed by atoms with Crippen LogP contribution in [-0.2, 0) is 23.9 Å². The fourth-order valence-corrected chi connectivity index (χ4v) is 3.00. The Kier molecular flexibility index (Phi) is 7.07. The summed E-state index contributed by atoms with van der Waals surface area (Å²) in [4.78, 5) is 58.1. The first kappa shape index (κ1) is 22.5. The number of nitrogens with two attached hydrogens (primary N) is 1. The number of aliphatic hydroxyl groups is 2. The molecule has 0 saturated carbocycles. The van der Waals surface area contributed by atoms with E-state index < -0.39 is 79.2 Å². The van der Waals surface area contributed by atoms with Crippen LogP contribution in [0.5, 0.6) is 0 Å². The summed E-state index contributed by atoms with van der Waals surface area (Å²) in [6, 6.07) is -4.02. The van der Waals surface area contributed by atoms with Crippen LogP contribution in [0.3, 0.4) is 0 Å². The van der Waals surface area contributed by atoms with E-state index in [9.17, 15) is 34.2 Å². The van der Waals surface area contributed by atoms with Gasteiger partial charge in [-0.2, -0.15) is 0 Å². The molecule has 2 heterocycles. The van der Waals surface area contributed by atoms with Crippen molar-refractivity contribution < 1.29 is 49.1 Å². The molecule has 162 valence electrons. The molecular formula is C15H22N4O10. The third kappa shape index (κ3) is 5.17. The molecule has 0 spiro atoms. The average Bonchev–Trinajstić information content (AvgIpc) is 2.92. The summed E-state index contributed by atoms with van der Waals surface area (Å²) in [7, 11) is 0. The number of urea groups is 1. The van der Waals surface area contributed by atoms with Crippen LogP contribution in [0.1, 0.15) is 19.3 Å². The van der Waals surface area contributed by atoms with E-state index in [0.717, 1.165) is 4.90 Å². The number of carbonyl (C=O) groups is 5. The van der Waals surface area contributed by atoms with Crippen LogP contribution in [0.25, 0.3) is 0 Å². The molecule has 2 aliphatic heterocycles. The molecule has 2 saturated heterocycles. The Balaban J connectivity index is 2.03. The molecule has 2 rings (SSSR count). The number of carbonyl (C=O) groups excluding carboxylic acids is 3. The normalized spacial score (nSPS) is 29.1. The third-order valence-corrected chi connectivity index (χ3v) is 4.59. The second-order valence-corrected chi connectivity index (χ2v) is 6.63. The Morgan fingerprint density at radius 2 is 1.90 bits per heavy atom. The summed E-state index contributed by atoms with van der Waals surface area (Å²) in [6.45, 7) is -0.0937. The van der Waals surface area contributed by atoms with E-state index in [2.05, 4.69) is 5.32 Å². The van der Waals surface area contributed by atoms with Crippen molar-refractivity contribution in [3.63, 3.8) is 0 Å². The molecule has 0 aromatic carbocycles. The van der Waals surface area contributed by atoms with E-state index >= 15 is 0 Å². The monoisotopic (exact) mass is 418 g/mol. The number of aliphatic hydroxyl groups excluding tert-OH is 2. The highest BCUT2D eigenvalue weighted by atomic mass is 16.6. The maximum absolute atomic E-state index is 12.3. The van der Waals surface area contributed by atoms with Gasteiger partial charge in [0.25, 0.3) is 0 Å². The first-order chi connectivity index (χ1) is 13.5. The van der Waals surface area contributed by atoms with Crippen molar-refractivity contribution in [1.29, 1.82) is 0 Å². The summed E-state index contributed by atoms with van der Waals surface area (Å²) in [5.41, 5.74) is 5.74. The summed E-state index contributed by atoms with van der Waals surface area (Å²) in [5, 5.41) is 42.2. The number of carboxylic acid groups (broad SMARTS) is 2. The van der Waals surface area contributed by atoms with Gasteiger partial charge < -0.3 is 36.2 Å². The number of carboxylic acids is 2. The molecular weight excluding hydrogens is 396 g/mol. The fraction of sp³-hybridized carbons (Fsp3) is 0.667. The van der Waals surface area contributed by atoms with Crippen LogP contribution < -0.4 is 16.4 Å². The number of ether oxygens (including phenoxy) is 1. The Morgan fingerprint density at radius 1 is 1.24 bits per heavy atom. The van der Waals surface area contributed by atoms with Gasteiger partial charge in [0, 0.05) is 19.4 Å². The minimum atomic E-state index is -1.69. The van der Waals surface area contributed by atoms with Gasteiger partial charge in [-0.3, -0.25) is 24.6 Å².